The van der Waals surface area contributed by atoms with Gasteiger partial charge in [0.15, 0.2) is 5.16 Å². The summed E-state index contributed by atoms with van der Waals surface area (Å²) in [5.41, 5.74) is 0.552. The molecule has 102 valence electrons. The predicted octanol–water partition coefficient (Wildman–Crippen LogP) is 1.75. The third kappa shape index (κ3) is 3.05. The van der Waals surface area contributed by atoms with Crippen molar-refractivity contribution in [3.8, 4) is 0 Å². The van der Waals surface area contributed by atoms with Gasteiger partial charge in [0.05, 0.1) is 6.10 Å². The fraction of sp³-hybridized carbons (Fsp3) is 0.417. The summed E-state index contributed by atoms with van der Waals surface area (Å²) in [4.78, 5) is 15.8. The summed E-state index contributed by atoms with van der Waals surface area (Å²) in [6, 6.07) is 3.57. The van der Waals surface area contributed by atoms with Gasteiger partial charge in [0.25, 0.3) is 0 Å². The maximum absolute atomic E-state index is 11.6. The molecule has 0 saturated heterocycles. The molecule has 2 N–H and O–H groups in total. The van der Waals surface area contributed by atoms with Crippen LogP contribution in [-0.2, 0) is 0 Å². The van der Waals surface area contributed by atoms with E-state index in [1.54, 1.807) is 29.8 Å². The minimum absolute atomic E-state index is 0.0219. The van der Waals surface area contributed by atoms with Crippen LogP contribution in [0.1, 0.15) is 38.5 Å². The van der Waals surface area contributed by atoms with Crippen LogP contribution in [0, 0.1) is 0 Å². The van der Waals surface area contributed by atoms with E-state index in [1.807, 2.05) is 13.8 Å². The van der Waals surface area contributed by atoms with Crippen LogP contribution in [-0.4, -0.2) is 24.9 Å². The average molecular weight is 280 g/mol. The van der Waals surface area contributed by atoms with E-state index < -0.39 is 6.10 Å². The van der Waals surface area contributed by atoms with Crippen molar-refractivity contribution in [2.45, 2.75) is 43.1 Å². The second-order valence-corrected chi connectivity index (χ2v) is 5.47. The predicted molar refractivity (Wildman–Crippen MR) is 72.2 cm³/mol. The molecule has 2 heterocycles. The van der Waals surface area contributed by atoms with Gasteiger partial charge in [-0.1, -0.05) is 0 Å². The molecule has 0 radical (unpaired) electrons. The Morgan fingerprint density at radius 2 is 2.16 bits per heavy atom. The smallest absolute Gasteiger partial charge is 0.344 e. The molecule has 0 aliphatic heterocycles. The van der Waals surface area contributed by atoms with Gasteiger partial charge in [0, 0.05) is 12.2 Å². The van der Waals surface area contributed by atoms with E-state index in [0.29, 0.717) is 10.2 Å². The Morgan fingerprint density at radius 3 is 2.79 bits per heavy atom. The standard InChI is InChI=1S/C12H16N4O2S/c1-7(2)16-11(18)14-15-12(16)19-10-6-9(8(3)17)4-5-13-10/h4-8,17H,1-3H3,(H,14,18). The largest absolute Gasteiger partial charge is 0.389 e. The van der Waals surface area contributed by atoms with E-state index in [2.05, 4.69) is 15.2 Å². The first kappa shape index (κ1) is 13.8. The molecule has 7 heteroatoms. The fourth-order valence-corrected chi connectivity index (χ4v) is 2.63. The van der Waals surface area contributed by atoms with E-state index in [-0.39, 0.29) is 11.7 Å². The summed E-state index contributed by atoms with van der Waals surface area (Å²) in [6.07, 6.45) is 1.09. The van der Waals surface area contributed by atoms with Crippen LogP contribution in [0.3, 0.4) is 0 Å². The monoisotopic (exact) mass is 280 g/mol. The van der Waals surface area contributed by atoms with Gasteiger partial charge in [0.2, 0.25) is 0 Å². The quantitative estimate of drug-likeness (QED) is 0.891. The minimum Gasteiger partial charge on any atom is -0.389 e. The molecule has 1 unspecified atom stereocenters. The second-order valence-electron chi connectivity index (χ2n) is 4.48. The number of aliphatic hydroxyl groups is 1. The van der Waals surface area contributed by atoms with Gasteiger partial charge in [-0.3, -0.25) is 4.57 Å². The Hall–Kier alpha value is -1.60. The van der Waals surface area contributed by atoms with E-state index in [9.17, 15) is 9.90 Å². The molecule has 0 saturated carbocycles. The highest BCUT2D eigenvalue weighted by atomic mass is 32.2. The molecule has 0 aliphatic carbocycles. The van der Waals surface area contributed by atoms with Crippen molar-refractivity contribution >= 4 is 11.8 Å². The maximum atomic E-state index is 11.6. The molecule has 0 amide bonds. The molecular formula is C12H16N4O2S. The highest BCUT2D eigenvalue weighted by Crippen LogP contribution is 2.26. The van der Waals surface area contributed by atoms with Crippen LogP contribution in [0.15, 0.2) is 33.3 Å². The lowest BCUT2D eigenvalue weighted by molar-refractivity contribution is 0.199. The number of H-pyrrole nitrogens is 1. The summed E-state index contributed by atoms with van der Waals surface area (Å²) < 4.78 is 1.57. The van der Waals surface area contributed by atoms with Crippen LogP contribution in [0.5, 0.6) is 0 Å². The number of hydrogen-bond donors (Lipinski definition) is 2. The number of aromatic amines is 1. The van der Waals surface area contributed by atoms with Crippen molar-refractivity contribution in [3.05, 3.63) is 34.4 Å². The molecule has 0 bridgehead atoms. The van der Waals surface area contributed by atoms with Gasteiger partial charge >= 0.3 is 5.69 Å². The maximum Gasteiger partial charge on any atom is 0.344 e. The van der Waals surface area contributed by atoms with Gasteiger partial charge in [-0.25, -0.2) is 14.9 Å². The minimum atomic E-state index is -0.547. The van der Waals surface area contributed by atoms with Crippen LogP contribution >= 0.6 is 11.8 Å². The number of nitrogens with one attached hydrogen (secondary N) is 1. The third-order valence-electron chi connectivity index (χ3n) is 2.63. The number of aromatic nitrogens is 4. The lowest BCUT2D eigenvalue weighted by Gasteiger charge is -2.09. The Labute approximate surface area is 114 Å². The first-order valence-corrected chi connectivity index (χ1v) is 6.79. The summed E-state index contributed by atoms with van der Waals surface area (Å²) in [7, 11) is 0. The van der Waals surface area contributed by atoms with Gasteiger partial charge in [-0.15, -0.1) is 5.10 Å². The normalized spacial score (nSPS) is 12.9. The SMILES string of the molecule is CC(O)c1ccnc(Sc2n[nH]c(=O)n2C(C)C)c1. The van der Waals surface area contributed by atoms with Gasteiger partial charge in [-0.2, -0.15) is 0 Å². The first-order chi connectivity index (χ1) is 8.99. The molecule has 0 fully saturated rings. The Bertz CT molecular complexity index is 618. The Morgan fingerprint density at radius 1 is 1.42 bits per heavy atom. The van der Waals surface area contributed by atoms with E-state index in [0.717, 1.165) is 5.56 Å². The van der Waals surface area contributed by atoms with Gasteiger partial charge < -0.3 is 5.11 Å². The number of hydrogen-bond acceptors (Lipinski definition) is 5. The van der Waals surface area contributed by atoms with E-state index in [1.165, 1.54) is 11.8 Å². The van der Waals surface area contributed by atoms with Gasteiger partial charge in [0.1, 0.15) is 5.03 Å². The molecule has 2 aromatic heterocycles. The Kier molecular flexibility index (Phi) is 4.06. The fourth-order valence-electron chi connectivity index (χ4n) is 1.65. The molecule has 1 atom stereocenters. The number of pyridine rings is 1. The number of nitrogens with zero attached hydrogens (tertiary/aromatic N) is 3. The summed E-state index contributed by atoms with van der Waals surface area (Å²) >= 11 is 1.29. The molecule has 2 rings (SSSR count). The molecule has 19 heavy (non-hydrogen) atoms. The first-order valence-electron chi connectivity index (χ1n) is 5.98. The van der Waals surface area contributed by atoms with Crippen molar-refractivity contribution in [2.75, 3.05) is 0 Å². The molecule has 0 aromatic carbocycles. The van der Waals surface area contributed by atoms with Gasteiger partial charge in [-0.05, 0) is 50.2 Å². The summed E-state index contributed by atoms with van der Waals surface area (Å²) in [5.74, 6) is 0. The molecule has 0 aliphatic rings. The zero-order valence-electron chi connectivity index (χ0n) is 11.0. The molecule has 0 spiro atoms. The van der Waals surface area contributed by atoms with Crippen molar-refractivity contribution in [1.29, 1.82) is 0 Å². The topological polar surface area (TPSA) is 83.8 Å². The van der Waals surface area contributed by atoms with E-state index in [4.69, 9.17) is 0 Å². The zero-order valence-corrected chi connectivity index (χ0v) is 11.8. The number of aliphatic hydroxyl groups excluding tert-OH is 1. The van der Waals surface area contributed by atoms with Crippen molar-refractivity contribution in [2.24, 2.45) is 0 Å². The van der Waals surface area contributed by atoms with Crippen molar-refractivity contribution in [1.82, 2.24) is 19.7 Å². The molecule has 2 aromatic rings. The van der Waals surface area contributed by atoms with Crippen molar-refractivity contribution in [3.63, 3.8) is 0 Å². The summed E-state index contributed by atoms with van der Waals surface area (Å²) in [5, 5.41) is 17.2. The lowest BCUT2D eigenvalue weighted by atomic mass is 10.2. The average Bonchev–Trinajstić information content (AvgIpc) is 2.70. The second kappa shape index (κ2) is 5.58. The summed E-state index contributed by atoms with van der Waals surface area (Å²) in [6.45, 7) is 5.53. The molecular weight excluding hydrogens is 264 g/mol. The highest BCUT2D eigenvalue weighted by molar-refractivity contribution is 7.99. The Balaban J connectivity index is 2.31. The number of rotatable bonds is 4. The van der Waals surface area contributed by atoms with Crippen LogP contribution in [0.4, 0.5) is 0 Å². The van der Waals surface area contributed by atoms with E-state index >= 15 is 0 Å². The lowest BCUT2D eigenvalue weighted by Crippen LogP contribution is -2.19. The highest BCUT2D eigenvalue weighted by Gasteiger charge is 2.13. The zero-order chi connectivity index (χ0) is 14.0. The third-order valence-corrected chi connectivity index (χ3v) is 3.53. The molecule has 6 nitrogen and oxygen atoms in total. The van der Waals surface area contributed by atoms with Crippen LogP contribution in [0.25, 0.3) is 0 Å². The van der Waals surface area contributed by atoms with Crippen LogP contribution in [0.2, 0.25) is 0 Å². The van der Waals surface area contributed by atoms with Crippen molar-refractivity contribution < 1.29 is 5.11 Å². The van der Waals surface area contributed by atoms with Crippen LogP contribution < -0.4 is 5.69 Å².